The molecule has 1 aromatic heterocycles. The maximum Gasteiger partial charge on any atom is 0.225 e. The average molecular weight is 444 g/mol. The number of benzene rings is 2. The third kappa shape index (κ3) is 4.95. The van der Waals surface area contributed by atoms with Crippen LogP contribution in [0.3, 0.4) is 0 Å². The van der Waals surface area contributed by atoms with Gasteiger partial charge in [0.05, 0.1) is 5.52 Å². The summed E-state index contributed by atoms with van der Waals surface area (Å²) in [6, 6.07) is 18.9. The highest BCUT2D eigenvalue weighted by molar-refractivity contribution is 5.90. The summed E-state index contributed by atoms with van der Waals surface area (Å²) in [7, 11) is 4.03. The number of para-hydroxylation sites is 1. The van der Waals surface area contributed by atoms with Gasteiger partial charge in [0, 0.05) is 38.0 Å². The molecule has 2 aromatic carbocycles. The molecule has 1 heterocycles. The molecule has 0 unspecified atom stereocenters. The standard InChI is InChI=1S/C27H33N5O/c1-32(2)25-21-10-6-7-11-24(21)30-27(31-25)29-20-14-12-18(13-15-20)17-28-26(33)23-16-22(23)19-8-4-3-5-9-19/h3-11,18,20,22-23H,12-17H2,1-2H3,(H,28,33)(H,29,30,31)/t18?,20?,22-,23+/m0/s1. The lowest BCUT2D eigenvalue weighted by atomic mass is 9.86. The fourth-order valence-electron chi connectivity index (χ4n) is 5.09. The maximum atomic E-state index is 12.6. The van der Waals surface area contributed by atoms with Crippen LogP contribution in [0.4, 0.5) is 11.8 Å². The van der Waals surface area contributed by atoms with E-state index in [1.807, 2.05) is 43.3 Å². The van der Waals surface area contributed by atoms with Crippen molar-refractivity contribution >= 4 is 28.6 Å². The van der Waals surface area contributed by atoms with Gasteiger partial charge in [-0.1, -0.05) is 42.5 Å². The predicted molar refractivity (Wildman–Crippen MR) is 134 cm³/mol. The molecule has 6 heteroatoms. The Morgan fingerprint density at radius 1 is 0.970 bits per heavy atom. The van der Waals surface area contributed by atoms with Crippen molar-refractivity contribution in [3.8, 4) is 0 Å². The number of carbonyl (C=O) groups is 1. The zero-order chi connectivity index (χ0) is 22.8. The van der Waals surface area contributed by atoms with E-state index in [9.17, 15) is 4.79 Å². The van der Waals surface area contributed by atoms with Crippen LogP contribution in [-0.4, -0.2) is 42.6 Å². The van der Waals surface area contributed by atoms with Crippen molar-refractivity contribution in [3.05, 3.63) is 60.2 Å². The van der Waals surface area contributed by atoms with Gasteiger partial charge in [-0.2, -0.15) is 4.98 Å². The van der Waals surface area contributed by atoms with Crippen molar-refractivity contribution in [2.24, 2.45) is 11.8 Å². The van der Waals surface area contributed by atoms with E-state index in [1.54, 1.807) is 0 Å². The lowest BCUT2D eigenvalue weighted by Crippen LogP contribution is -2.35. The molecule has 2 atom stereocenters. The summed E-state index contributed by atoms with van der Waals surface area (Å²) in [5.41, 5.74) is 2.25. The Morgan fingerprint density at radius 2 is 1.70 bits per heavy atom. The van der Waals surface area contributed by atoms with E-state index in [0.717, 1.165) is 55.4 Å². The quantitative estimate of drug-likeness (QED) is 0.559. The largest absolute Gasteiger partial charge is 0.362 e. The number of aromatic nitrogens is 2. The first kappa shape index (κ1) is 21.7. The Bertz CT molecular complexity index is 1110. The molecule has 2 N–H and O–H groups in total. The number of carbonyl (C=O) groups excluding carboxylic acids is 1. The van der Waals surface area contributed by atoms with Crippen LogP contribution < -0.4 is 15.5 Å². The fourth-order valence-corrected chi connectivity index (χ4v) is 5.09. The molecule has 0 aliphatic heterocycles. The lowest BCUT2D eigenvalue weighted by Gasteiger charge is -2.29. The van der Waals surface area contributed by atoms with Crippen LogP contribution in [0, 0.1) is 11.8 Å². The highest BCUT2D eigenvalue weighted by Crippen LogP contribution is 2.47. The first-order chi connectivity index (χ1) is 16.1. The van der Waals surface area contributed by atoms with Gasteiger partial charge >= 0.3 is 0 Å². The molecule has 33 heavy (non-hydrogen) atoms. The molecular formula is C27H33N5O. The van der Waals surface area contributed by atoms with Crippen molar-refractivity contribution in [1.82, 2.24) is 15.3 Å². The van der Waals surface area contributed by atoms with Crippen LogP contribution in [0.15, 0.2) is 54.6 Å². The second kappa shape index (κ2) is 9.38. The van der Waals surface area contributed by atoms with Crippen molar-refractivity contribution in [2.75, 3.05) is 30.9 Å². The lowest BCUT2D eigenvalue weighted by molar-refractivity contribution is -0.122. The molecule has 3 aromatic rings. The van der Waals surface area contributed by atoms with Gasteiger partial charge in [0.1, 0.15) is 5.82 Å². The minimum Gasteiger partial charge on any atom is -0.362 e. The minimum atomic E-state index is 0.154. The maximum absolute atomic E-state index is 12.6. The fraction of sp³-hybridized carbons (Fsp3) is 0.444. The Morgan fingerprint density at radius 3 is 2.45 bits per heavy atom. The number of nitrogens with one attached hydrogen (secondary N) is 2. The summed E-state index contributed by atoms with van der Waals surface area (Å²) < 4.78 is 0. The van der Waals surface area contributed by atoms with E-state index in [0.29, 0.717) is 23.8 Å². The van der Waals surface area contributed by atoms with Crippen molar-refractivity contribution in [2.45, 2.75) is 44.1 Å². The Kier molecular flexibility index (Phi) is 6.16. The molecule has 5 rings (SSSR count). The molecule has 2 fully saturated rings. The summed E-state index contributed by atoms with van der Waals surface area (Å²) in [6.45, 7) is 0.792. The van der Waals surface area contributed by atoms with E-state index in [1.165, 1.54) is 5.56 Å². The third-order valence-electron chi connectivity index (χ3n) is 7.11. The highest BCUT2D eigenvalue weighted by Gasteiger charge is 2.43. The minimum absolute atomic E-state index is 0.154. The summed E-state index contributed by atoms with van der Waals surface area (Å²) >= 11 is 0. The summed E-state index contributed by atoms with van der Waals surface area (Å²) in [6.07, 6.45) is 5.35. The summed E-state index contributed by atoms with van der Waals surface area (Å²) in [4.78, 5) is 24.1. The second-order valence-electron chi connectivity index (χ2n) is 9.75. The molecule has 0 saturated heterocycles. The molecule has 172 valence electrons. The van der Waals surface area contributed by atoms with Gasteiger partial charge in [0.25, 0.3) is 0 Å². The third-order valence-corrected chi connectivity index (χ3v) is 7.11. The Balaban J connectivity index is 1.10. The van der Waals surface area contributed by atoms with Gasteiger partial charge < -0.3 is 15.5 Å². The molecule has 0 bridgehead atoms. The van der Waals surface area contributed by atoms with Gasteiger partial charge in [-0.05, 0) is 61.6 Å². The number of hydrogen-bond acceptors (Lipinski definition) is 5. The summed E-state index contributed by atoms with van der Waals surface area (Å²) in [5, 5.41) is 7.87. The van der Waals surface area contributed by atoms with Crippen LogP contribution in [-0.2, 0) is 4.79 Å². The molecule has 2 saturated carbocycles. The van der Waals surface area contributed by atoms with Gasteiger partial charge in [-0.25, -0.2) is 4.98 Å². The van der Waals surface area contributed by atoms with Crippen LogP contribution in [0.1, 0.15) is 43.6 Å². The number of amides is 1. The van der Waals surface area contributed by atoms with Gasteiger partial charge in [-0.3, -0.25) is 4.79 Å². The van der Waals surface area contributed by atoms with E-state index in [4.69, 9.17) is 9.97 Å². The van der Waals surface area contributed by atoms with Crippen LogP contribution in [0.25, 0.3) is 10.9 Å². The normalized spacial score (nSPS) is 24.3. The molecular weight excluding hydrogens is 410 g/mol. The number of nitrogens with zero attached hydrogens (tertiary/aromatic N) is 3. The highest BCUT2D eigenvalue weighted by atomic mass is 16.2. The Labute approximate surface area is 195 Å². The van der Waals surface area contributed by atoms with Crippen molar-refractivity contribution < 1.29 is 4.79 Å². The first-order valence-electron chi connectivity index (χ1n) is 12.1. The molecule has 0 radical (unpaired) electrons. The SMILES string of the molecule is CN(C)c1nc(NC2CCC(CNC(=O)[C@@H]3C[C@H]3c3ccccc3)CC2)nc2ccccc12. The van der Waals surface area contributed by atoms with E-state index < -0.39 is 0 Å². The van der Waals surface area contributed by atoms with Crippen molar-refractivity contribution in [1.29, 1.82) is 0 Å². The Hall–Kier alpha value is -3.15. The van der Waals surface area contributed by atoms with Crippen LogP contribution >= 0.6 is 0 Å². The number of fused-ring (bicyclic) bond motifs is 1. The monoisotopic (exact) mass is 443 g/mol. The number of rotatable bonds is 7. The van der Waals surface area contributed by atoms with Crippen LogP contribution in [0.2, 0.25) is 0 Å². The average Bonchev–Trinajstić information content (AvgIpc) is 3.65. The topological polar surface area (TPSA) is 70.2 Å². The van der Waals surface area contributed by atoms with E-state index in [2.05, 4.69) is 41.0 Å². The molecule has 2 aliphatic carbocycles. The number of hydrogen-bond donors (Lipinski definition) is 2. The van der Waals surface area contributed by atoms with Gasteiger partial charge in [0.2, 0.25) is 11.9 Å². The number of anilines is 2. The molecule has 1 amide bonds. The smallest absolute Gasteiger partial charge is 0.225 e. The van der Waals surface area contributed by atoms with Crippen LogP contribution in [0.5, 0.6) is 0 Å². The van der Waals surface area contributed by atoms with E-state index in [-0.39, 0.29) is 11.8 Å². The summed E-state index contributed by atoms with van der Waals surface area (Å²) in [5.74, 6) is 2.98. The molecule has 0 spiro atoms. The van der Waals surface area contributed by atoms with Crippen molar-refractivity contribution in [3.63, 3.8) is 0 Å². The van der Waals surface area contributed by atoms with Gasteiger partial charge in [-0.15, -0.1) is 0 Å². The zero-order valence-corrected chi connectivity index (χ0v) is 19.5. The first-order valence-corrected chi connectivity index (χ1v) is 12.1. The zero-order valence-electron chi connectivity index (χ0n) is 19.5. The van der Waals surface area contributed by atoms with Gasteiger partial charge in [0.15, 0.2) is 0 Å². The predicted octanol–water partition coefficient (Wildman–Crippen LogP) is 4.59. The molecule has 6 nitrogen and oxygen atoms in total. The second-order valence-corrected chi connectivity index (χ2v) is 9.75. The van der Waals surface area contributed by atoms with E-state index >= 15 is 0 Å². The molecule has 2 aliphatic rings.